The topological polar surface area (TPSA) is 88.2 Å². The van der Waals surface area contributed by atoms with Crippen LogP contribution in [0.25, 0.3) is 21.2 Å². The van der Waals surface area contributed by atoms with Crippen molar-refractivity contribution in [1.29, 1.82) is 0 Å². The van der Waals surface area contributed by atoms with Gasteiger partial charge in [0.15, 0.2) is 5.01 Å². The lowest BCUT2D eigenvalue weighted by Gasteiger charge is -2.22. The molecule has 188 valence electrons. The summed E-state index contributed by atoms with van der Waals surface area (Å²) in [4.78, 5) is 19.0. The molecule has 1 amide bonds. The third-order valence-corrected chi connectivity index (χ3v) is 9.12. The molecule has 1 aromatic heterocycles. The van der Waals surface area contributed by atoms with E-state index in [0.29, 0.717) is 10.4 Å². The molecule has 0 saturated heterocycles. The summed E-state index contributed by atoms with van der Waals surface area (Å²) in [7, 11) is -3.71. The average Bonchev–Trinajstić information content (AvgIpc) is 3.21. The molecular weight excluding hydrogens is 478 g/mol. The largest absolute Gasteiger partial charge is 0.347 e. The Hall–Kier alpha value is -2.29. The normalized spacial score (nSPS) is 15.4. The van der Waals surface area contributed by atoms with Crippen molar-refractivity contribution in [3.63, 3.8) is 0 Å². The zero-order valence-corrected chi connectivity index (χ0v) is 22.6. The molecule has 35 heavy (non-hydrogen) atoms. The fourth-order valence-corrected chi connectivity index (χ4v) is 7.41. The van der Waals surface area contributed by atoms with Gasteiger partial charge in [-0.05, 0) is 51.5 Å². The number of hydrogen-bond donors (Lipinski definition) is 2. The number of carbonyl (C=O) groups excluding carboxylic acids is 1. The van der Waals surface area contributed by atoms with Crippen LogP contribution in [-0.2, 0) is 16.4 Å². The Labute approximate surface area is 212 Å². The van der Waals surface area contributed by atoms with E-state index >= 15 is 0 Å². The summed E-state index contributed by atoms with van der Waals surface area (Å²) in [6, 6.07) is 11.3. The second kappa shape index (κ2) is 10.4. The summed E-state index contributed by atoms with van der Waals surface area (Å²) in [5, 5.41) is 5.15. The van der Waals surface area contributed by atoms with Crippen LogP contribution in [0, 0.1) is 0 Å². The second-order valence-electron chi connectivity index (χ2n) is 10.4. The number of benzene rings is 2. The molecule has 1 saturated carbocycles. The van der Waals surface area contributed by atoms with Gasteiger partial charge in [-0.2, -0.15) is 0 Å². The monoisotopic (exact) mass is 513 g/mol. The predicted molar refractivity (Wildman–Crippen MR) is 143 cm³/mol. The van der Waals surface area contributed by atoms with E-state index in [9.17, 15) is 13.2 Å². The van der Waals surface area contributed by atoms with Crippen LogP contribution in [-0.4, -0.2) is 30.9 Å². The maximum atomic E-state index is 13.2. The van der Waals surface area contributed by atoms with Crippen LogP contribution in [0.5, 0.6) is 0 Å². The highest BCUT2D eigenvalue weighted by molar-refractivity contribution is 7.89. The third kappa shape index (κ3) is 5.93. The van der Waals surface area contributed by atoms with E-state index in [2.05, 4.69) is 17.0 Å². The number of sulfonamides is 1. The first-order valence-electron chi connectivity index (χ1n) is 12.5. The molecule has 2 N–H and O–H groups in total. The summed E-state index contributed by atoms with van der Waals surface area (Å²) in [5.41, 5.74) is 1.21. The van der Waals surface area contributed by atoms with Crippen LogP contribution in [0.3, 0.4) is 0 Å². The molecule has 1 aliphatic rings. The van der Waals surface area contributed by atoms with Gasteiger partial charge in [-0.25, -0.2) is 18.1 Å². The van der Waals surface area contributed by atoms with Crippen molar-refractivity contribution in [3.05, 3.63) is 47.1 Å². The highest BCUT2D eigenvalue weighted by Crippen LogP contribution is 2.38. The lowest BCUT2D eigenvalue weighted by molar-refractivity contribution is 0.0927. The maximum Gasteiger partial charge on any atom is 0.280 e. The first-order valence-corrected chi connectivity index (χ1v) is 14.8. The molecule has 6 nitrogen and oxygen atoms in total. The number of thiazole rings is 1. The minimum atomic E-state index is -3.71. The Morgan fingerprint density at radius 1 is 1.06 bits per heavy atom. The highest BCUT2D eigenvalue weighted by atomic mass is 32.2. The van der Waals surface area contributed by atoms with Crippen LogP contribution in [0.15, 0.2) is 41.3 Å². The van der Waals surface area contributed by atoms with E-state index in [-0.39, 0.29) is 16.8 Å². The Balaban J connectivity index is 1.77. The van der Waals surface area contributed by atoms with Crippen molar-refractivity contribution in [2.45, 2.75) is 89.1 Å². The molecule has 8 heteroatoms. The molecule has 2 aromatic carbocycles. The first-order chi connectivity index (χ1) is 16.6. The van der Waals surface area contributed by atoms with E-state index in [4.69, 9.17) is 4.98 Å². The molecule has 0 spiro atoms. The second-order valence-corrected chi connectivity index (χ2v) is 13.0. The number of carbonyl (C=O) groups is 1. The van der Waals surface area contributed by atoms with E-state index in [1.807, 2.05) is 51.1 Å². The summed E-state index contributed by atoms with van der Waals surface area (Å²) >= 11 is 1.40. The Bertz CT molecular complexity index is 1320. The summed E-state index contributed by atoms with van der Waals surface area (Å²) < 4.78 is 29.1. The van der Waals surface area contributed by atoms with Gasteiger partial charge < -0.3 is 5.32 Å². The van der Waals surface area contributed by atoms with Gasteiger partial charge in [-0.3, -0.25) is 4.79 Å². The summed E-state index contributed by atoms with van der Waals surface area (Å²) in [5.74, 6) is -0.108. The first kappa shape index (κ1) is 25.8. The number of fused-ring (bicyclic) bond motifs is 1. The van der Waals surface area contributed by atoms with Crippen molar-refractivity contribution in [2.75, 3.05) is 0 Å². The quantitative estimate of drug-likeness (QED) is 0.402. The molecule has 1 heterocycles. The SMILES string of the molecule is CCCc1nc(C(=O)NC2CCCCC2)sc1-c1ccc(S(=O)(=O)NC(C)(C)C)c2ccccc12. The fraction of sp³-hybridized carbons (Fsp3) is 0.481. The Kier molecular flexibility index (Phi) is 7.64. The number of rotatable bonds is 7. The van der Waals surface area contributed by atoms with Crippen LogP contribution in [0.1, 0.15) is 81.7 Å². The van der Waals surface area contributed by atoms with Crippen molar-refractivity contribution < 1.29 is 13.2 Å². The van der Waals surface area contributed by atoms with Gasteiger partial charge >= 0.3 is 0 Å². The van der Waals surface area contributed by atoms with Gasteiger partial charge in [0, 0.05) is 22.5 Å². The maximum absolute atomic E-state index is 13.2. The minimum Gasteiger partial charge on any atom is -0.347 e. The molecule has 1 fully saturated rings. The van der Waals surface area contributed by atoms with Gasteiger partial charge in [0.2, 0.25) is 10.0 Å². The standard InChI is InChI=1S/C27H35N3O3S2/c1-5-11-22-24(34-26(29-22)25(31)28-18-12-7-6-8-13-18)21-16-17-23(20-15-10-9-14-19(20)21)35(32,33)30-27(2,3)4/h9-10,14-18,30H,5-8,11-13H2,1-4H3,(H,28,31). The van der Waals surface area contributed by atoms with E-state index < -0.39 is 15.6 Å². The molecule has 0 bridgehead atoms. The molecule has 0 aliphatic heterocycles. The van der Waals surface area contributed by atoms with Gasteiger partial charge in [0.05, 0.1) is 15.5 Å². The van der Waals surface area contributed by atoms with Crippen LogP contribution in [0.2, 0.25) is 0 Å². The third-order valence-electron chi connectivity index (χ3n) is 6.18. The minimum absolute atomic E-state index is 0.108. The van der Waals surface area contributed by atoms with Crippen LogP contribution >= 0.6 is 11.3 Å². The Morgan fingerprint density at radius 2 is 1.74 bits per heavy atom. The molecule has 1 aliphatic carbocycles. The number of nitrogens with zero attached hydrogens (tertiary/aromatic N) is 1. The van der Waals surface area contributed by atoms with Crippen molar-refractivity contribution in [1.82, 2.24) is 15.0 Å². The van der Waals surface area contributed by atoms with Crippen LogP contribution < -0.4 is 10.0 Å². The van der Waals surface area contributed by atoms with E-state index in [1.54, 1.807) is 6.07 Å². The zero-order chi connectivity index (χ0) is 25.2. The lowest BCUT2D eigenvalue weighted by atomic mass is 9.95. The van der Waals surface area contributed by atoms with Crippen LogP contribution in [0.4, 0.5) is 0 Å². The fourth-order valence-electron chi connectivity index (χ4n) is 4.72. The van der Waals surface area contributed by atoms with Gasteiger partial charge in [0.25, 0.3) is 5.91 Å². The van der Waals surface area contributed by atoms with Crippen molar-refractivity contribution in [3.8, 4) is 10.4 Å². The van der Waals surface area contributed by atoms with Gasteiger partial charge in [-0.15, -0.1) is 11.3 Å². The zero-order valence-electron chi connectivity index (χ0n) is 21.0. The number of nitrogens with one attached hydrogen (secondary N) is 2. The molecule has 4 rings (SSSR count). The smallest absolute Gasteiger partial charge is 0.280 e. The van der Waals surface area contributed by atoms with Crippen molar-refractivity contribution in [2.24, 2.45) is 0 Å². The Morgan fingerprint density at radius 3 is 2.40 bits per heavy atom. The van der Waals surface area contributed by atoms with E-state index in [1.165, 1.54) is 17.8 Å². The number of hydrogen-bond acceptors (Lipinski definition) is 5. The number of aryl methyl sites for hydroxylation is 1. The predicted octanol–water partition coefficient (Wildman–Crippen LogP) is 6.06. The molecule has 0 radical (unpaired) electrons. The average molecular weight is 514 g/mol. The molecular formula is C27H35N3O3S2. The number of amides is 1. The summed E-state index contributed by atoms with van der Waals surface area (Å²) in [6.07, 6.45) is 7.24. The van der Waals surface area contributed by atoms with E-state index in [0.717, 1.165) is 60.0 Å². The molecule has 3 aromatic rings. The van der Waals surface area contributed by atoms with Gasteiger partial charge in [0.1, 0.15) is 0 Å². The lowest BCUT2D eigenvalue weighted by Crippen LogP contribution is -2.40. The number of aromatic nitrogens is 1. The molecule has 0 unspecified atom stereocenters. The molecule has 0 atom stereocenters. The van der Waals surface area contributed by atoms with Gasteiger partial charge in [-0.1, -0.05) is 62.9 Å². The summed E-state index contributed by atoms with van der Waals surface area (Å²) in [6.45, 7) is 7.58. The van der Waals surface area contributed by atoms with Crippen molar-refractivity contribution >= 4 is 38.0 Å². The highest BCUT2D eigenvalue weighted by Gasteiger charge is 2.26.